The van der Waals surface area contributed by atoms with Crippen LogP contribution in [-0.2, 0) is 6.54 Å². The summed E-state index contributed by atoms with van der Waals surface area (Å²) in [6.45, 7) is 1.95. The fraction of sp³-hybridized carbons (Fsp3) is 0.615. The molecule has 0 bridgehead atoms. The van der Waals surface area contributed by atoms with Crippen LogP contribution in [0, 0.1) is 5.92 Å². The van der Waals surface area contributed by atoms with E-state index in [1.165, 1.54) is 37.0 Å². The van der Waals surface area contributed by atoms with E-state index in [0.29, 0.717) is 0 Å². The molecular formula is C13H21N3OS. The van der Waals surface area contributed by atoms with Crippen LogP contribution < -0.4 is 11.3 Å². The van der Waals surface area contributed by atoms with Gasteiger partial charge >= 0.3 is 0 Å². The van der Waals surface area contributed by atoms with E-state index in [-0.39, 0.29) is 5.91 Å². The van der Waals surface area contributed by atoms with Crippen LogP contribution in [-0.4, -0.2) is 24.4 Å². The highest BCUT2D eigenvalue weighted by molar-refractivity contribution is 7.12. The van der Waals surface area contributed by atoms with E-state index in [1.807, 2.05) is 11.4 Å². The summed E-state index contributed by atoms with van der Waals surface area (Å²) in [5.74, 6) is 5.84. The summed E-state index contributed by atoms with van der Waals surface area (Å²) in [4.78, 5) is 14.6. The minimum absolute atomic E-state index is 0.186. The molecule has 1 heterocycles. The second kappa shape index (κ2) is 6.31. The summed E-state index contributed by atoms with van der Waals surface area (Å²) in [7, 11) is 2.13. The summed E-state index contributed by atoms with van der Waals surface area (Å²) in [6.07, 6.45) is 5.45. The Bertz CT molecular complexity index is 399. The zero-order valence-corrected chi connectivity index (χ0v) is 11.6. The lowest BCUT2D eigenvalue weighted by molar-refractivity contribution is 0.0956. The van der Waals surface area contributed by atoms with Gasteiger partial charge in [0.05, 0.1) is 4.88 Å². The van der Waals surface area contributed by atoms with E-state index in [0.717, 1.165) is 29.4 Å². The average molecular weight is 267 g/mol. The van der Waals surface area contributed by atoms with Crippen LogP contribution in [0.25, 0.3) is 0 Å². The molecule has 0 aromatic carbocycles. The normalized spacial score (nSPS) is 16.4. The number of nitrogens with zero attached hydrogens (tertiary/aromatic N) is 1. The van der Waals surface area contributed by atoms with E-state index >= 15 is 0 Å². The first-order valence-electron chi connectivity index (χ1n) is 6.46. The molecule has 1 saturated carbocycles. The topological polar surface area (TPSA) is 58.4 Å². The number of carbonyl (C=O) groups excluding carboxylic acids is 1. The molecule has 1 amide bonds. The second-order valence-corrected chi connectivity index (χ2v) is 6.01. The fourth-order valence-electron chi connectivity index (χ4n) is 2.71. The van der Waals surface area contributed by atoms with E-state index in [1.54, 1.807) is 0 Å². The van der Waals surface area contributed by atoms with Gasteiger partial charge in [0.15, 0.2) is 0 Å². The molecule has 18 heavy (non-hydrogen) atoms. The van der Waals surface area contributed by atoms with Crippen molar-refractivity contribution >= 4 is 17.2 Å². The highest BCUT2D eigenvalue weighted by Crippen LogP contribution is 2.26. The Morgan fingerprint density at radius 1 is 1.56 bits per heavy atom. The SMILES string of the molecule is CN(Cc1ccsc1C(=O)NN)CC1CCCC1. The minimum atomic E-state index is -0.186. The van der Waals surface area contributed by atoms with Crippen LogP contribution in [0.3, 0.4) is 0 Å². The van der Waals surface area contributed by atoms with Crippen molar-refractivity contribution in [2.75, 3.05) is 13.6 Å². The van der Waals surface area contributed by atoms with Crippen LogP contribution in [0.4, 0.5) is 0 Å². The quantitative estimate of drug-likeness (QED) is 0.487. The van der Waals surface area contributed by atoms with Crippen molar-refractivity contribution < 1.29 is 4.79 Å². The molecule has 3 N–H and O–H groups in total. The molecular weight excluding hydrogens is 246 g/mol. The number of carbonyl (C=O) groups is 1. The van der Waals surface area contributed by atoms with E-state index in [2.05, 4.69) is 17.4 Å². The number of amides is 1. The number of nitrogens with two attached hydrogens (primary N) is 1. The van der Waals surface area contributed by atoms with Gasteiger partial charge in [0.1, 0.15) is 0 Å². The molecule has 1 aliphatic rings. The summed E-state index contributed by atoms with van der Waals surface area (Å²) in [5, 5.41) is 1.95. The van der Waals surface area contributed by atoms with Crippen LogP contribution in [0.1, 0.15) is 40.9 Å². The lowest BCUT2D eigenvalue weighted by Gasteiger charge is -2.20. The van der Waals surface area contributed by atoms with Crippen molar-refractivity contribution in [3.63, 3.8) is 0 Å². The zero-order chi connectivity index (χ0) is 13.0. The fourth-order valence-corrected chi connectivity index (χ4v) is 3.53. The van der Waals surface area contributed by atoms with Crippen molar-refractivity contribution in [3.05, 3.63) is 21.9 Å². The molecule has 1 aliphatic carbocycles. The maximum Gasteiger partial charge on any atom is 0.275 e. The Kier molecular flexibility index (Phi) is 4.74. The minimum Gasteiger partial charge on any atom is -0.302 e. The number of nitrogen functional groups attached to an aromatic ring is 1. The van der Waals surface area contributed by atoms with Crippen molar-refractivity contribution in [1.29, 1.82) is 0 Å². The summed E-state index contributed by atoms with van der Waals surface area (Å²) >= 11 is 1.45. The van der Waals surface area contributed by atoms with E-state index in [9.17, 15) is 4.79 Å². The molecule has 0 saturated heterocycles. The lowest BCUT2D eigenvalue weighted by Crippen LogP contribution is -2.31. The number of thiophene rings is 1. The van der Waals surface area contributed by atoms with Crippen molar-refractivity contribution in [2.45, 2.75) is 32.2 Å². The highest BCUT2D eigenvalue weighted by atomic mass is 32.1. The Balaban J connectivity index is 1.91. The van der Waals surface area contributed by atoms with Gasteiger partial charge in [0.25, 0.3) is 5.91 Å². The molecule has 2 rings (SSSR count). The van der Waals surface area contributed by atoms with Crippen LogP contribution in [0.15, 0.2) is 11.4 Å². The van der Waals surface area contributed by atoms with Crippen LogP contribution >= 0.6 is 11.3 Å². The van der Waals surface area contributed by atoms with Crippen LogP contribution in [0.5, 0.6) is 0 Å². The molecule has 1 aromatic heterocycles. The summed E-state index contributed by atoms with van der Waals surface area (Å²) < 4.78 is 0. The maximum atomic E-state index is 11.6. The second-order valence-electron chi connectivity index (χ2n) is 5.10. The summed E-state index contributed by atoms with van der Waals surface area (Å²) in [6, 6.07) is 2.01. The smallest absolute Gasteiger partial charge is 0.275 e. The van der Waals surface area contributed by atoms with Crippen molar-refractivity contribution in [3.8, 4) is 0 Å². The van der Waals surface area contributed by atoms with E-state index < -0.39 is 0 Å². The van der Waals surface area contributed by atoms with Gasteiger partial charge in [-0.15, -0.1) is 11.3 Å². The molecule has 4 nitrogen and oxygen atoms in total. The average Bonchev–Trinajstić information content (AvgIpc) is 2.99. The maximum absolute atomic E-state index is 11.6. The van der Waals surface area contributed by atoms with Crippen molar-refractivity contribution in [1.82, 2.24) is 10.3 Å². The van der Waals surface area contributed by atoms with Gasteiger partial charge in [-0.2, -0.15) is 0 Å². The number of rotatable bonds is 5. The zero-order valence-electron chi connectivity index (χ0n) is 10.8. The van der Waals surface area contributed by atoms with E-state index in [4.69, 9.17) is 5.84 Å². The Hall–Kier alpha value is -0.910. The third-order valence-corrected chi connectivity index (χ3v) is 4.52. The third-order valence-electron chi connectivity index (χ3n) is 3.57. The summed E-state index contributed by atoms with van der Waals surface area (Å²) in [5.41, 5.74) is 3.28. The molecule has 0 atom stereocenters. The Labute approximate surface area is 112 Å². The molecule has 1 fully saturated rings. The third kappa shape index (κ3) is 3.31. The van der Waals surface area contributed by atoms with Gasteiger partial charge < -0.3 is 4.90 Å². The molecule has 0 spiro atoms. The predicted molar refractivity (Wildman–Crippen MR) is 74.3 cm³/mol. The van der Waals surface area contributed by atoms with Crippen LogP contribution in [0.2, 0.25) is 0 Å². The highest BCUT2D eigenvalue weighted by Gasteiger charge is 2.18. The molecule has 0 unspecified atom stereocenters. The standard InChI is InChI=1S/C13H21N3OS/c1-16(8-10-4-2-3-5-10)9-11-6-7-18-12(11)13(17)15-14/h6-7,10H,2-5,8-9,14H2,1H3,(H,15,17). The lowest BCUT2D eigenvalue weighted by atomic mass is 10.1. The molecule has 0 aliphatic heterocycles. The van der Waals surface area contributed by atoms with Gasteiger partial charge in [-0.1, -0.05) is 12.8 Å². The molecule has 0 radical (unpaired) electrons. The number of hydrogen-bond acceptors (Lipinski definition) is 4. The largest absolute Gasteiger partial charge is 0.302 e. The van der Waals surface area contributed by atoms with Gasteiger partial charge in [-0.25, -0.2) is 5.84 Å². The number of hydrazine groups is 1. The van der Waals surface area contributed by atoms with Crippen molar-refractivity contribution in [2.24, 2.45) is 11.8 Å². The van der Waals surface area contributed by atoms with Gasteiger partial charge in [0.2, 0.25) is 0 Å². The first kappa shape index (κ1) is 13.5. The Morgan fingerprint density at radius 2 is 2.28 bits per heavy atom. The van der Waals surface area contributed by atoms with Gasteiger partial charge in [-0.05, 0) is 42.8 Å². The molecule has 1 aromatic rings. The molecule has 100 valence electrons. The predicted octanol–water partition coefficient (Wildman–Crippen LogP) is 1.97. The van der Waals surface area contributed by atoms with Gasteiger partial charge in [-0.3, -0.25) is 10.2 Å². The first-order chi connectivity index (χ1) is 8.70. The monoisotopic (exact) mass is 267 g/mol. The first-order valence-corrected chi connectivity index (χ1v) is 7.34. The number of hydrogen-bond donors (Lipinski definition) is 2. The number of nitrogens with one attached hydrogen (secondary N) is 1. The molecule has 5 heteroatoms. The van der Waals surface area contributed by atoms with Gasteiger partial charge in [0, 0.05) is 13.1 Å². The Morgan fingerprint density at radius 3 is 2.94 bits per heavy atom.